The minimum absolute atomic E-state index is 0.314. The van der Waals surface area contributed by atoms with Crippen molar-refractivity contribution < 1.29 is 13.5 Å². The third-order valence-corrected chi connectivity index (χ3v) is 4.32. The number of hydrogen-bond donors (Lipinski definition) is 0. The summed E-state index contributed by atoms with van der Waals surface area (Å²) in [7, 11) is 1.69. The Kier molecular flexibility index (Phi) is 3.72. The minimum atomic E-state index is -0.314. The molecule has 6 heteroatoms. The quantitative estimate of drug-likeness (QED) is 0.738. The first-order chi connectivity index (χ1) is 11.7. The number of rotatable bonds is 3. The first-order valence-corrected chi connectivity index (χ1v) is 7.93. The molecule has 4 rings (SSSR count). The molecule has 0 radical (unpaired) electrons. The molecule has 3 aromatic rings. The number of oxazole rings is 1. The van der Waals surface area contributed by atoms with Crippen LogP contribution in [0.5, 0.6) is 5.75 Å². The lowest BCUT2D eigenvalue weighted by atomic mass is 10.2. The van der Waals surface area contributed by atoms with Gasteiger partial charge in [0.25, 0.3) is 6.01 Å². The number of para-hydroxylation sites is 2. The van der Waals surface area contributed by atoms with Gasteiger partial charge < -0.3 is 19.0 Å². The highest BCUT2D eigenvalue weighted by molar-refractivity contribution is 5.74. The van der Waals surface area contributed by atoms with Crippen molar-refractivity contribution in [1.29, 1.82) is 0 Å². The molecule has 0 amide bonds. The van der Waals surface area contributed by atoms with Crippen molar-refractivity contribution in [3.63, 3.8) is 0 Å². The molecule has 0 aliphatic carbocycles. The fourth-order valence-electron chi connectivity index (χ4n) is 3.05. The number of anilines is 2. The Morgan fingerprint density at radius 1 is 1.04 bits per heavy atom. The Bertz CT molecular complexity index is 856. The first-order valence-electron chi connectivity index (χ1n) is 7.93. The number of nitrogens with zero attached hydrogens (tertiary/aromatic N) is 3. The molecule has 1 fully saturated rings. The molecule has 1 aliphatic heterocycles. The van der Waals surface area contributed by atoms with E-state index in [4.69, 9.17) is 9.15 Å². The third kappa shape index (κ3) is 2.64. The number of halogens is 1. The largest absolute Gasteiger partial charge is 0.495 e. The summed E-state index contributed by atoms with van der Waals surface area (Å²) in [5, 5.41) is 0. The average molecular weight is 327 g/mol. The number of piperazine rings is 1. The Labute approximate surface area is 139 Å². The van der Waals surface area contributed by atoms with Gasteiger partial charge in [-0.15, -0.1) is 0 Å². The number of hydrogen-bond acceptors (Lipinski definition) is 5. The zero-order valence-corrected chi connectivity index (χ0v) is 13.4. The molecule has 1 aromatic heterocycles. The molecule has 0 bridgehead atoms. The highest BCUT2D eigenvalue weighted by Gasteiger charge is 2.22. The summed E-state index contributed by atoms with van der Waals surface area (Å²) in [6.45, 7) is 3.25. The van der Waals surface area contributed by atoms with Crippen LogP contribution >= 0.6 is 0 Å². The van der Waals surface area contributed by atoms with Crippen molar-refractivity contribution >= 4 is 22.8 Å². The molecule has 2 aromatic carbocycles. The predicted octanol–water partition coefficient (Wildman–Crippen LogP) is 3.30. The maximum Gasteiger partial charge on any atom is 0.298 e. The minimum Gasteiger partial charge on any atom is -0.495 e. The van der Waals surface area contributed by atoms with Crippen LogP contribution in [-0.4, -0.2) is 38.3 Å². The van der Waals surface area contributed by atoms with Crippen LogP contribution in [0.25, 0.3) is 11.1 Å². The van der Waals surface area contributed by atoms with E-state index >= 15 is 0 Å². The van der Waals surface area contributed by atoms with E-state index in [0.29, 0.717) is 17.1 Å². The van der Waals surface area contributed by atoms with Crippen LogP contribution in [0.15, 0.2) is 46.9 Å². The Hall–Kier alpha value is -2.76. The van der Waals surface area contributed by atoms with Gasteiger partial charge in [0.05, 0.1) is 12.8 Å². The van der Waals surface area contributed by atoms with E-state index in [1.807, 2.05) is 18.2 Å². The highest BCUT2D eigenvalue weighted by atomic mass is 19.1. The third-order valence-electron chi connectivity index (χ3n) is 4.32. The summed E-state index contributed by atoms with van der Waals surface area (Å²) in [5.74, 6) is 0.564. The smallest absolute Gasteiger partial charge is 0.298 e. The lowest BCUT2D eigenvalue weighted by Crippen LogP contribution is -2.46. The van der Waals surface area contributed by atoms with E-state index in [9.17, 15) is 4.39 Å². The second kappa shape index (κ2) is 6.03. The summed E-state index contributed by atoms with van der Waals surface area (Å²) in [5.41, 5.74) is 2.26. The van der Waals surface area contributed by atoms with E-state index in [0.717, 1.165) is 37.6 Å². The van der Waals surface area contributed by atoms with Crippen LogP contribution in [0.2, 0.25) is 0 Å². The Morgan fingerprint density at radius 2 is 1.79 bits per heavy atom. The van der Waals surface area contributed by atoms with E-state index < -0.39 is 0 Å². The van der Waals surface area contributed by atoms with Crippen molar-refractivity contribution in [3.8, 4) is 5.75 Å². The first kappa shape index (κ1) is 14.8. The molecule has 0 spiro atoms. The van der Waals surface area contributed by atoms with Gasteiger partial charge in [-0.2, -0.15) is 4.98 Å². The second-order valence-electron chi connectivity index (χ2n) is 5.75. The Balaban J connectivity index is 1.51. The van der Waals surface area contributed by atoms with Gasteiger partial charge in [0.15, 0.2) is 5.58 Å². The highest BCUT2D eigenvalue weighted by Crippen LogP contribution is 2.30. The molecule has 0 atom stereocenters. The summed E-state index contributed by atoms with van der Waals surface area (Å²) >= 11 is 0. The zero-order chi connectivity index (χ0) is 16.5. The summed E-state index contributed by atoms with van der Waals surface area (Å²) in [6.07, 6.45) is 0. The van der Waals surface area contributed by atoms with Crippen LogP contribution in [0.4, 0.5) is 16.1 Å². The van der Waals surface area contributed by atoms with Crippen LogP contribution in [0, 0.1) is 5.82 Å². The van der Waals surface area contributed by atoms with Gasteiger partial charge in [-0.05, 0) is 24.3 Å². The van der Waals surface area contributed by atoms with E-state index in [-0.39, 0.29) is 5.82 Å². The lowest BCUT2D eigenvalue weighted by molar-refractivity contribution is 0.413. The summed E-state index contributed by atoms with van der Waals surface area (Å²) < 4.78 is 24.4. The van der Waals surface area contributed by atoms with E-state index in [1.165, 1.54) is 12.1 Å². The van der Waals surface area contributed by atoms with Crippen molar-refractivity contribution in [2.45, 2.75) is 0 Å². The molecule has 0 N–H and O–H groups in total. The topological polar surface area (TPSA) is 41.7 Å². The van der Waals surface area contributed by atoms with Gasteiger partial charge in [0, 0.05) is 32.2 Å². The van der Waals surface area contributed by atoms with E-state index in [1.54, 1.807) is 13.2 Å². The van der Waals surface area contributed by atoms with Crippen LogP contribution in [0.1, 0.15) is 0 Å². The monoisotopic (exact) mass is 327 g/mol. The molecule has 24 heavy (non-hydrogen) atoms. The number of aromatic nitrogens is 1. The molecule has 2 heterocycles. The maximum atomic E-state index is 13.3. The molecule has 5 nitrogen and oxygen atoms in total. The van der Waals surface area contributed by atoms with E-state index in [2.05, 4.69) is 20.9 Å². The van der Waals surface area contributed by atoms with Crippen LogP contribution < -0.4 is 14.5 Å². The number of fused-ring (bicyclic) bond motifs is 1. The van der Waals surface area contributed by atoms with Crippen LogP contribution in [-0.2, 0) is 0 Å². The number of methoxy groups -OCH3 is 1. The summed E-state index contributed by atoms with van der Waals surface area (Å²) in [4.78, 5) is 8.83. The number of ether oxygens (including phenoxy) is 1. The Morgan fingerprint density at radius 3 is 2.58 bits per heavy atom. The zero-order valence-electron chi connectivity index (χ0n) is 13.4. The van der Waals surface area contributed by atoms with Gasteiger partial charge in [0.1, 0.15) is 17.1 Å². The molecule has 124 valence electrons. The summed E-state index contributed by atoms with van der Waals surface area (Å²) in [6, 6.07) is 13.0. The fraction of sp³-hybridized carbons (Fsp3) is 0.278. The predicted molar refractivity (Wildman–Crippen MR) is 91.4 cm³/mol. The standard InChI is InChI=1S/C18H18FN3O2/c1-23-16-5-3-2-4-15(16)21-8-10-22(11-9-21)18-20-14-7-6-13(19)12-17(14)24-18/h2-7,12H,8-11H2,1H3. The average Bonchev–Trinajstić information content (AvgIpc) is 3.05. The van der Waals surface area contributed by atoms with Crippen molar-refractivity contribution in [3.05, 3.63) is 48.3 Å². The molecule has 1 saturated heterocycles. The van der Waals surface area contributed by atoms with Gasteiger partial charge in [-0.3, -0.25) is 0 Å². The van der Waals surface area contributed by atoms with Gasteiger partial charge in [0.2, 0.25) is 0 Å². The fourth-order valence-corrected chi connectivity index (χ4v) is 3.05. The molecule has 1 aliphatic rings. The van der Waals surface area contributed by atoms with Crippen molar-refractivity contribution in [1.82, 2.24) is 4.98 Å². The molecule has 0 unspecified atom stereocenters. The van der Waals surface area contributed by atoms with Crippen molar-refractivity contribution in [2.75, 3.05) is 43.1 Å². The van der Waals surface area contributed by atoms with Crippen LogP contribution in [0.3, 0.4) is 0 Å². The second-order valence-corrected chi connectivity index (χ2v) is 5.75. The molecular weight excluding hydrogens is 309 g/mol. The van der Waals surface area contributed by atoms with Crippen molar-refractivity contribution in [2.24, 2.45) is 0 Å². The van der Waals surface area contributed by atoms with Gasteiger partial charge in [-0.25, -0.2) is 4.39 Å². The van der Waals surface area contributed by atoms with Gasteiger partial charge in [-0.1, -0.05) is 12.1 Å². The molecular formula is C18H18FN3O2. The maximum absolute atomic E-state index is 13.3. The SMILES string of the molecule is COc1ccccc1N1CCN(c2nc3ccc(F)cc3o2)CC1. The molecule has 0 saturated carbocycles. The normalized spacial score (nSPS) is 15.1. The lowest BCUT2D eigenvalue weighted by Gasteiger charge is -2.35. The number of benzene rings is 2. The van der Waals surface area contributed by atoms with Gasteiger partial charge >= 0.3 is 0 Å².